The third kappa shape index (κ3) is 5.53. The third-order valence-corrected chi connectivity index (χ3v) is 6.36. The van der Waals surface area contributed by atoms with Crippen LogP contribution in [0.15, 0.2) is 116 Å². The molecule has 3 N–H and O–H groups in total. The molecule has 178 valence electrons. The molecule has 5 aromatic rings. The molecule has 11 heteroatoms. The zero-order valence-corrected chi connectivity index (χ0v) is 22.4. The van der Waals surface area contributed by atoms with E-state index in [0.29, 0.717) is 33.5 Å². The van der Waals surface area contributed by atoms with Gasteiger partial charge in [-0.3, -0.25) is 0 Å². The van der Waals surface area contributed by atoms with Gasteiger partial charge in [-0.05, 0) is 47.9 Å². The summed E-state index contributed by atoms with van der Waals surface area (Å²) in [5, 5.41) is 29.6. The van der Waals surface area contributed by atoms with Gasteiger partial charge in [0.1, 0.15) is 15.8 Å². The molecule has 0 amide bonds. The minimum absolute atomic E-state index is 0. The van der Waals surface area contributed by atoms with Gasteiger partial charge in [0.2, 0.25) is 0 Å². The van der Waals surface area contributed by atoms with Crippen LogP contribution in [0.2, 0.25) is 0 Å². The summed E-state index contributed by atoms with van der Waals surface area (Å²) in [6.07, 6.45) is 0. The number of azo groups is 2. The summed E-state index contributed by atoms with van der Waals surface area (Å²) in [7, 11) is -4.97. The average molecular weight is 520 g/mol. The van der Waals surface area contributed by atoms with Gasteiger partial charge in [0.05, 0.1) is 22.0 Å². The van der Waals surface area contributed by atoms with Crippen LogP contribution in [0.3, 0.4) is 0 Å². The Labute approximate surface area is 234 Å². The molecule has 37 heavy (non-hydrogen) atoms. The molecular weight excluding hydrogens is 501 g/mol. The van der Waals surface area contributed by atoms with Crippen molar-refractivity contribution in [3.63, 3.8) is 0 Å². The van der Waals surface area contributed by atoms with Crippen LogP contribution in [0, 0.1) is 0 Å². The van der Waals surface area contributed by atoms with E-state index in [-0.39, 0.29) is 34.9 Å². The van der Waals surface area contributed by atoms with E-state index in [4.69, 9.17) is 5.73 Å². The largest absolute Gasteiger partial charge is 1.00 e. The monoisotopic (exact) mass is 519 g/mol. The number of phenolic OH excluding ortho intramolecular Hbond substituents is 1. The topological polar surface area (TPSA) is 153 Å². The van der Waals surface area contributed by atoms with Crippen molar-refractivity contribution < 1.29 is 47.6 Å². The zero-order valence-electron chi connectivity index (χ0n) is 19.6. The smallest absolute Gasteiger partial charge is 0.744 e. The fraction of sp³-hybridized carbons (Fsp3) is 0. The van der Waals surface area contributed by atoms with Crippen LogP contribution in [-0.4, -0.2) is 18.1 Å². The van der Waals surface area contributed by atoms with Crippen LogP contribution >= 0.6 is 0 Å². The van der Waals surface area contributed by atoms with Crippen LogP contribution in [0.1, 0.15) is 0 Å². The molecule has 0 spiro atoms. The standard InChI is InChI=1S/C26H19N5O4S.Na/c27-17-11-10-16-14-24(36(33,34)35)25(26(32)21(16)15-17)31-30-23-13-12-22(19-8-4-5-9-20(19)23)29-28-18-6-2-1-3-7-18;/h1-15,32H,27H2,(H,33,34,35);/q;+1/p-1. The van der Waals surface area contributed by atoms with Crippen LogP contribution in [-0.2, 0) is 10.1 Å². The minimum atomic E-state index is -4.97. The van der Waals surface area contributed by atoms with E-state index in [1.165, 1.54) is 18.2 Å². The van der Waals surface area contributed by atoms with Gasteiger partial charge < -0.3 is 15.4 Å². The zero-order chi connectivity index (χ0) is 25.3. The van der Waals surface area contributed by atoms with Gasteiger partial charge in [-0.1, -0.05) is 48.5 Å². The van der Waals surface area contributed by atoms with Crippen molar-refractivity contribution in [2.24, 2.45) is 20.5 Å². The molecule has 5 aromatic carbocycles. The summed E-state index contributed by atoms with van der Waals surface area (Å²) in [6, 6.07) is 25.6. The molecule has 0 aromatic heterocycles. The van der Waals surface area contributed by atoms with Gasteiger partial charge in [-0.15, -0.1) is 15.3 Å². The normalized spacial score (nSPS) is 11.9. The molecule has 0 unspecified atom stereocenters. The van der Waals surface area contributed by atoms with Crippen LogP contribution in [0.5, 0.6) is 5.75 Å². The van der Waals surface area contributed by atoms with Gasteiger partial charge in [-0.25, -0.2) is 8.42 Å². The Hall–Kier alpha value is -3.67. The predicted octanol–water partition coefficient (Wildman–Crippen LogP) is 4.02. The van der Waals surface area contributed by atoms with Gasteiger partial charge in [0, 0.05) is 21.8 Å². The fourth-order valence-electron chi connectivity index (χ4n) is 3.80. The molecular formula is C26H18N5NaO4S. The van der Waals surface area contributed by atoms with Crippen molar-refractivity contribution in [3.05, 3.63) is 91.0 Å². The number of anilines is 1. The Morgan fingerprint density at radius 3 is 1.92 bits per heavy atom. The third-order valence-electron chi connectivity index (χ3n) is 5.51. The maximum absolute atomic E-state index is 12.0. The molecule has 0 saturated heterocycles. The predicted molar refractivity (Wildman–Crippen MR) is 137 cm³/mol. The molecule has 0 bridgehead atoms. The Kier molecular flexibility index (Phi) is 7.67. The number of phenols is 1. The molecule has 0 aliphatic carbocycles. The van der Waals surface area contributed by atoms with Crippen molar-refractivity contribution in [3.8, 4) is 5.75 Å². The molecule has 5 rings (SSSR count). The second kappa shape index (κ2) is 10.8. The first-order valence-electron chi connectivity index (χ1n) is 10.7. The summed E-state index contributed by atoms with van der Waals surface area (Å²) in [5.74, 6) is -0.504. The minimum Gasteiger partial charge on any atom is -0.744 e. The maximum atomic E-state index is 12.0. The van der Waals surface area contributed by atoms with E-state index in [2.05, 4.69) is 20.5 Å². The molecule has 9 nitrogen and oxygen atoms in total. The SMILES string of the molecule is Nc1ccc2cc(S(=O)(=O)[O-])c(N=Nc3ccc(N=Nc4ccccc4)c4ccccc34)c(O)c2c1.[Na+]. The number of hydrogen-bond donors (Lipinski definition) is 2. The number of aromatic hydroxyl groups is 1. The van der Waals surface area contributed by atoms with Crippen LogP contribution in [0.25, 0.3) is 21.5 Å². The van der Waals surface area contributed by atoms with Crippen molar-refractivity contribution in [1.82, 2.24) is 0 Å². The Bertz CT molecular complexity index is 1790. The number of nitrogens with two attached hydrogens (primary N) is 1. The number of benzene rings is 5. The maximum Gasteiger partial charge on any atom is 1.00 e. The number of nitrogens with zero attached hydrogens (tertiary/aromatic N) is 4. The van der Waals surface area contributed by atoms with Crippen molar-refractivity contribution in [2.45, 2.75) is 4.90 Å². The van der Waals surface area contributed by atoms with E-state index in [1.54, 1.807) is 18.2 Å². The van der Waals surface area contributed by atoms with Crippen LogP contribution < -0.4 is 35.3 Å². The Morgan fingerprint density at radius 2 is 1.30 bits per heavy atom. The number of fused-ring (bicyclic) bond motifs is 2. The molecule has 0 fully saturated rings. The summed E-state index contributed by atoms with van der Waals surface area (Å²) in [6.45, 7) is 0. The number of rotatable bonds is 5. The summed E-state index contributed by atoms with van der Waals surface area (Å²) >= 11 is 0. The van der Waals surface area contributed by atoms with E-state index >= 15 is 0 Å². The quantitative estimate of drug-likeness (QED) is 0.155. The Morgan fingerprint density at radius 1 is 0.703 bits per heavy atom. The van der Waals surface area contributed by atoms with Gasteiger partial charge in [-0.2, -0.15) is 5.11 Å². The van der Waals surface area contributed by atoms with Crippen molar-refractivity contribution in [1.29, 1.82) is 0 Å². The summed E-state index contributed by atoms with van der Waals surface area (Å²) in [5.41, 5.74) is 7.38. The average Bonchev–Trinajstić information content (AvgIpc) is 2.87. The first kappa shape index (κ1) is 26.4. The van der Waals surface area contributed by atoms with E-state index in [9.17, 15) is 18.1 Å². The Balaban J connectivity index is 0.00000320. The summed E-state index contributed by atoms with van der Waals surface area (Å²) < 4.78 is 35.9. The van der Waals surface area contributed by atoms with E-state index < -0.39 is 26.5 Å². The second-order valence-corrected chi connectivity index (χ2v) is 9.24. The molecule has 0 radical (unpaired) electrons. The first-order valence-corrected chi connectivity index (χ1v) is 12.1. The van der Waals surface area contributed by atoms with Crippen molar-refractivity contribution in [2.75, 3.05) is 5.73 Å². The first-order chi connectivity index (χ1) is 17.3. The molecule has 0 heterocycles. The van der Waals surface area contributed by atoms with Crippen LogP contribution in [0.4, 0.5) is 28.4 Å². The van der Waals surface area contributed by atoms with E-state index in [0.717, 1.165) is 11.5 Å². The van der Waals surface area contributed by atoms with E-state index in [1.807, 2.05) is 48.5 Å². The molecule has 0 aliphatic rings. The van der Waals surface area contributed by atoms with Crippen molar-refractivity contribution >= 4 is 60.1 Å². The number of nitrogen functional groups attached to an aromatic ring is 1. The molecule has 0 saturated carbocycles. The van der Waals surface area contributed by atoms with Gasteiger partial charge in [0.15, 0.2) is 5.75 Å². The molecule has 0 atom stereocenters. The molecule has 0 aliphatic heterocycles. The van der Waals surface area contributed by atoms with Gasteiger partial charge in [0.25, 0.3) is 0 Å². The summed E-state index contributed by atoms with van der Waals surface area (Å²) in [4.78, 5) is -0.682. The fourth-order valence-corrected chi connectivity index (χ4v) is 4.44. The second-order valence-electron chi connectivity index (χ2n) is 7.89. The van der Waals surface area contributed by atoms with Gasteiger partial charge >= 0.3 is 29.6 Å². The number of hydrogen-bond acceptors (Lipinski definition) is 9.